The Morgan fingerprint density at radius 3 is 2.65 bits per heavy atom. The van der Waals surface area contributed by atoms with Crippen LogP contribution >= 0.6 is 0 Å². The van der Waals surface area contributed by atoms with Crippen LogP contribution in [-0.2, 0) is 10.3 Å². The Hall–Kier alpha value is -1.12. The number of methoxy groups -OCH3 is 1. The number of allylic oxidation sites excluding steroid dienone is 1. The first-order valence-electron chi connectivity index (χ1n) is 6.23. The van der Waals surface area contributed by atoms with Gasteiger partial charge >= 0.3 is 0 Å². The maximum absolute atomic E-state index is 11.1. The fourth-order valence-corrected chi connectivity index (χ4v) is 3.35. The van der Waals surface area contributed by atoms with Crippen LogP contribution in [0, 0.1) is 5.92 Å². The maximum Gasteiger partial charge on any atom is 0.123 e. The molecule has 1 fully saturated rings. The Balaban J connectivity index is 2.11. The molecule has 1 N–H and O–H groups in total. The van der Waals surface area contributed by atoms with Crippen LogP contribution < -0.4 is 0 Å². The first-order chi connectivity index (χ1) is 8.20. The van der Waals surface area contributed by atoms with Crippen molar-refractivity contribution in [2.75, 3.05) is 7.11 Å². The van der Waals surface area contributed by atoms with Crippen molar-refractivity contribution in [2.24, 2.45) is 5.92 Å². The summed E-state index contributed by atoms with van der Waals surface area (Å²) in [5.74, 6) is 0.484. The molecule has 4 rings (SSSR count). The summed E-state index contributed by atoms with van der Waals surface area (Å²) >= 11 is 0. The number of ether oxygens (including phenoxy) is 1. The van der Waals surface area contributed by atoms with Gasteiger partial charge in [-0.2, -0.15) is 0 Å². The summed E-state index contributed by atoms with van der Waals surface area (Å²) in [5.41, 5.74) is -0.444. The summed E-state index contributed by atoms with van der Waals surface area (Å²) in [4.78, 5) is 0. The molecule has 2 heteroatoms. The zero-order valence-corrected chi connectivity index (χ0v) is 10.1. The average Bonchev–Trinajstić information content (AvgIpc) is 2.41. The summed E-state index contributed by atoms with van der Waals surface area (Å²) in [6.45, 7) is 0. The predicted molar refractivity (Wildman–Crippen MR) is 66.6 cm³/mol. The second-order valence-corrected chi connectivity index (χ2v) is 5.18. The van der Waals surface area contributed by atoms with Gasteiger partial charge in [-0.15, -0.1) is 0 Å². The Bertz CT molecular complexity index is 439. The van der Waals surface area contributed by atoms with Gasteiger partial charge in [0.15, 0.2) is 0 Å². The minimum Gasteiger partial charge on any atom is -0.382 e. The number of hydrogen-bond acceptors (Lipinski definition) is 2. The molecule has 0 aromatic heterocycles. The average molecular weight is 230 g/mol. The zero-order chi connectivity index (χ0) is 11.9. The second kappa shape index (κ2) is 3.69. The molecule has 0 spiro atoms. The lowest BCUT2D eigenvalue weighted by molar-refractivity contribution is -0.185. The van der Waals surface area contributed by atoms with Crippen LogP contribution in [0.4, 0.5) is 0 Å². The van der Waals surface area contributed by atoms with Gasteiger partial charge in [-0.1, -0.05) is 42.5 Å². The largest absolute Gasteiger partial charge is 0.382 e. The summed E-state index contributed by atoms with van der Waals surface area (Å²) in [7, 11) is 1.70. The molecule has 2 nitrogen and oxygen atoms in total. The highest BCUT2D eigenvalue weighted by Gasteiger charge is 2.56. The molecular formula is C15H18O2. The van der Waals surface area contributed by atoms with Crippen molar-refractivity contribution in [1.82, 2.24) is 0 Å². The predicted octanol–water partition coefficient (Wildman–Crippen LogP) is 2.63. The Morgan fingerprint density at radius 2 is 2.06 bits per heavy atom. The lowest BCUT2D eigenvalue weighted by Crippen LogP contribution is -2.57. The fourth-order valence-electron chi connectivity index (χ4n) is 3.35. The van der Waals surface area contributed by atoms with E-state index in [1.54, 1.807) is 7.11 Å². The summed E-state index contributed by atoms with van der Waals surface area (Å²) in [6.07, 6.45) is 7.04. The van der Waals surface area contributed by atoms with Crippen LogP contribution in [0.15, 0.2) is 42.5 Å². The number of rotatable bonds is 2. The molecule has 2 bridgehead atoms. The van der Waals surface area contributed by atoms with Crippen molar-refractivity contribution < 1.29 is 9.84 Å². The van der Waals surface area contributed by atoms with Gasteiger partial charge in [0.05, 0.1) is 0 Å². The SMILES string of the molecule is CO[C@]12C=C[C@H](CC1)C[C@@]2(O)c1ccccc1. The van der Waals surface area contributed by atoms with Crippen molar-refractivity contribution in [3.05, 3.63) is 48.0 Å². The smallest absolute Gasteiger partial charge is 0.123 e. The molecular weight excluding hydrogens is 212 g/mol. The van der Waals surface area contributed by atoms with Crippen LogP contribution in [-0.4, -0.2) is 17.8 Å². The Kier molecular flexibility index (Phi) is 2.39. The number of fused-ring (bicyclic) bond motifs is 2. The second-order valence-electron chi connectivity index (χ2n) is 5.18. The van der Waals surface area contributed by atoms with Gasteiger partial charge in [0.25, 0.3) is 0 Å². The summed E-state index contributed by atoms with van der Waals surface area (Å²) < 4.78 is 5.70. The molecule has 17 heavy (non-hydrogen) atoms. The molecule has 3 atom stereocenters. The van der Waals surface area contributed by atoms with Crippen molar-refractivity contribution in [3.63, 3.8) is 0 Å². The van der Waals surface area contributed by atoms with E-state index in [9.17, 15) is 5.11 Å². The van der Waals surface area contributed by atoms with Gasteiger partial charge in [0, 0.05) is 7.11 Å². The van der Waals surface area contributed by atoms with E-state index in [0.717, 1.165) is 24.8 Å². The van der Waals surface area contributed by atoms with E-state index in [1.807, 2.05) is 30.3 Å². The molecule has 3 aliphatic carbocycles. The molecule has 0 unspecified atom stereocenters. The fraction of sp³-hybridized carbons (Fsp3) is 0.467. The van der Waals surface area contributed by atoms with Crippen LogP contribution in [0.2, 0.25) is 0 Å². The molecule has 0 aliphatic heterocycles. The Morgan fingerprint density at radius 1 is 1.29 bits per heavy atom. The van der Waals surface area contributed by atoms with Crippen molar-refractivity contribution in [3.8, 4) is 0 Å². The molecule has 0 saturated heterocycles. The Labute approximate surface area is 102 Å². The monoisotopic (exact) mass is 230 g/mol. The van der Waals surface area contributed by atoms with Crippen molar-refractivity contribution >= 4 is 0 Å². The number of hydrogen-bond donors (Lipinski definition) is 1. The van der Waals surface area contributed by atoms with Crippen LogP contribution in [0.1, 0.15) is 24.8 Å². The van der Waals surface area contributed by atoms with Gasteiger partial charge in [0.2, 0.25) is 0 Å². The highest BCUT2D eigenvalue weighted by molar-refractivity contribution is 5.34. The molecule has 3 aliphatic rings. The lowest BCUT2D eigenvalue weighted by atomic mass is 9.60. The van der Waals surface area contributed by atoms with E-state index in [1.165, 1.54) is 0 Å². The highest BCUT2D eigenvalue weighted by Crippen LogP contribution is 2.53. The van der Waals surface area contributed by atoms with Gasteiger partial charge in [-0.3, -0.25) is 0 Å². The summed E-state index contributed by atoms with van der Waals surface area (Å²) in [5, 5.41) is 11.1. The lowest BCUT2D eigenvalue weighted by Gasteiger charge is -2.53. The third kappa shape index (κ3) is 1.41. The molecule has 90 valence electrons. The highest BCUT2D eigenvalue weighted by atomic mass is 16.5. The minimum absolute atomic E-state index is 0.484. The van der Waals surface area contributed by atoms with Gasteiger partial charge in [-0.05, 0) is 30.7 Å². The summed E-state index contributed by atoms with van der Waals surface area (Å²) in [6, 6.07) is 9.92. The standard InChI is InChI=1S/C15H18O2/c1-17-14-9-7-12(8-10-14)11-15(14,16)13-5-3-2-4-6-13/h2-7,9,12,16H,8,10-11H2,1H3/t12-,14-,15-/m1/s1. The van der Waals surface area contributed by atoms with Gasteiger partial charge in [0.1, 0.15) is 11.2 Å². The van der Waals surface area contributed by atoms with E-state index in [-0.39, 0.29) is 0 Å². The molecule has 0 heterocycles. The van der Waals surface area contributed by atoms with Crippen molar-refractivity contribution in [1.29, 1.82) is 0 Å². The third-order valence-corrected chi connectivity index (χ3v) is 4.40. The minimum atomic E-state index is -0.874. The molecule has 1 aromatic carbocycles. The first-order valence-corrected chi connectivity index (χ1v) is 6.23. The number of benzene rings is 1. The first kappa shape index (κ1) is 11.0. The third-order valence-electron chi connectivity index (χ3n) is 4.40. The molecule has 0 radical (unpaired) electrons. The maximum atomic E-state index is 11.1. The van der Waals surface area contributed by atoms with E-state index in [2.05, 4.69) is 12.2 Å². The van der Waals surface area contributed by atoms with E-state index in [4.69, 9.17) is 4.74 Å². The molecule has 1 aromatic rings. The van der Waals surface area contributed by atoms with Crippen LogP contribution in [0.3, 0.4) is 0 Å². The van der Waals surface area contributed by atoms with E-state index in [0.29, 0.717) is 5.92 Å². The topological polar surface area (TPSA) is 29.5 Å². The van der Waals surface area contributed by atoms with Gasteiger partial charge in [-0.25, -0.2) is 0 Å². The quantitative estimate of drug-likeness (QED) is 0.791. The van der Waals surface area contributed by atoms with Crippen LogP contribution in [0.25, 0.3) is 0 Å². The zero-order valence-electron chi connectivity index (χ0n) is 10.1. The normalized spacial score (nSPS) is 39.5. The van der Waals surface area contributed by atoms with Crippen LogP contribution in [0.5, 0.6) is 0 Å². The molecule has 1 saturated carbocycles. The van der Waals surface area contributed by atoms with Gasteiger partial charge < -0.3 is 9.84 Å². The molecule has 0 amide bonds. The van der Waals surface area contributed by atoms with E-state index < -0.39 is 11.2 Å². The number of aliphatic hydroxyl groups is 1. The van der Waals surface area contributed by atoms with E-state index >= 15 is 0 Å². The van der Waals surface area contributed by atoms with Crippen molar-refractivity contribution in [2.45, 2.75) is 30.5 Å².